The van der Waals surface area contributed by atoms with Crippen LogP contribution >= 0.6 is 36.2 Å². The van der Waals surface area contributed by atoms with Gasteiger partial charge in [0.2, 0.25) is 0 Å². The summed E-state index contributed by atoms with van der Waals surface area (Å²) in [6, 6.07) is 4.05. The number of amides is 1. The van der Waals surface area contributed by atoms with E-state index in [1.165, 1.54) is 17.8 Å². The second kappa shape index (κ2) is 8.38. The Morgan fingerprint density at radius 3 is 3.05 bits per heavy atom. The Kier molecular flexibility index (Phi) is 7.17. The predicted octanol–water partition coefficient (Wildman–Crippen LogP) is 2.73. The van der Waals surface area contributed by atoms with Gasteiger partial charge in [-0.1, -0.05) is 0 Å². The topological polar surface area (TPSA) is 67.2 Å². The molecule has 1 aliphatic heterocycles. The monoisotopic (exact) mass is 349 g/mol. The van der Waals surface area contributed by atoms with Crippen LogP contribution in [0.2, 0.25) is 0 Å². The van der Waals surface area contributed by atoms with Crippen LogP contribution < -0.4 is 10.6 Å². The lowest BCUT2D eigenvalue weighted by Crippen LogP contribution is -2.36. The minimum absolute atomic E-state index is 0. The summed E-state index contributed by atoms with van der Waals surface area (Å²) in [6.45, 7) is 1.72. The highest BCUT2D eigenvalue weighted by Crippen LogP contribution is 2.25. The Bertz CT molecular complexity index is 554. The van der Waals surface area contributed by atoms with Crippen molar-refractivity contribution in [3.05, 3.63) is 29.5 Å². The highest BCUT2D eigenvalue weighted by Gasteiger charge is 2.17. The van der Waals surface area contributed by atoms with E-state index in [4.69, 9.17) is 4.42 Å². The molecular weight excluding hydrogens is 333 g/mol. The van der Waals surface area contributed by atoms with E-state index in [0.717, 1.165) is 18.0 Å². The largest absolute Gasteiger partial charge is 0.462 e. The van der Waals surface area contributed by atoms with Crippen LogP contribution in [0.5, 0.6) is 0 Å². The average Bonchev–Trinajstić information content (AvgIpc) is 3.14. The molecule has 0 radical (unpaired) electrons. The molecule has 0 aromatic carbocycles. The smallest absolute Gasteiger partial charge is 0.263 e. The second-order valence-electron chi connectivity index (χ2n) is 4.51. The van der Waals surface area contributed by atoms with Crippen LogP contribution in [-0.2, 0) is 0 Å². The fourth-order valence-corrected chi connectivity index (χ4v) is 2.93. The van der Waals surface area contributed by atoms with Crippen molar-refractivity contribution in [3.63, 3.8) is 0 Å². The molecule has 1 fully saturated rings. The standard InChI is InChI=1S/C13H15N3O2S.2ClH/c17-12(15-7-9-3-1-5-14-9)11-8-16-13(19-11)10-4-2-6-18-10;;/h2,4,6,8-9,14H,1,3,5,7H2,(H,15,17);2*1H. The van der Waals surface area contributed by atoms with Crippen molar-refractivity contribution in [1.82, 2.24) is 15.6 Å². The van der Waals surface area contributed by atoms with Crippen LogP contribution in [0, 0.1) is 0 Å². The molecule has 0 aliphatic carbocycles. The molecule has 1 atom stereocenters. The predicted molar refractivity (Wildman–Crippen MR) is 87.7 cm³/mol. The van der Waals surface area contributed by atoms with Gasteiger partial charge in [0, 0.05) is 12.6 Å². The van der Waals surface area contributed by atoms with Gasteiger partial charge in [0.15, 0.2) is 10.8 Å². The van der Waals surface area contributed by atoms with E-state index in [-0.39, 0.29) is 30.7 Å². The molecule has 1 unspecified atom stereocenters. The number of nitrogens with one attached hydrogen (secondary N) is 2. The summed E-state index contributed by atoms with van der Waals surface area (Å²) in [5.74, 6) is 0.630. The normalized spacial score (nSPS) is 16.9. The number of thiazole rings is 1. The fraction of sp³-hybridized carbons (Fsp3) is 0.385. The molecule has 0 saturated carbocycles. The van der Waals surface area contributed by atoms with E-state index in [1.807, 2.05) is 12.1 Å². The molecule has 3 heterocycles. The molecule has 21 heavy (non-hydrogen) atoms. The lowest BCUT2D eigenvalue weighted by Gasteiger charge is -2.10. The number of carbonyl (C=O) groups excluding carboxylic acids is 1. The van der Waals surface area contributed by atoms with Crippen LogP contribution in [0.4, 0.5) is 0 Å². The third kappa shape index (κ3) is 4.44. The maximum absolute atomic E-state index is 12.0. The molecule has 3 rings (SSSR count). The summed E-state index contributed by atoms with van der Waals surface area (Å²) < 4.78 is 5.26. The first-order valence-corrected chi connectivity index (χ1v) is 7.16. The summed E-state index contributed by atoms with van der Waals surface area (Å²) in [6.07, 6.45) is 5.51. The van der Waals surface area contributed by atoms with Gasteiger partial charge in [0.25, 0.3) is 5.91 Å². The summed E-state index contributed by atoms with van der Waals surface area (Å²) in [5.41, 5.74) is 0. The van der Waals surface area contributed by atoms with Crippen LogP contribution in [-0.4, -0.2) is 30.0 Å². The molecule has 1 aliphatic rings. The highest BCUT2D eigenvalue weighted by molar-refractivity contribution is 7.16. The number of hydrogen-bond donors (Lipinski definition) is 2. The van der Waals surface area contributed by atoms with E-state index in [1.54, 1.807) is 12.5 Å². The van der Waals surface area contributed by atoms with Crippen LogP contribution in [0.3, 0.4) is 0 Å². The maximum atomic E-state index is 12.0. The first-order valence-electron chi connectivity index (χ1n) is 6.34. The molecule has 2 aromatic heterocycles. The Labute approximate surface area is 139 Å². The first-order chi connectivity index (χ1) is 9.33. The third-order valence-electron chi connectivity index (χ3n) is 3.13. The van der Waals surface area contributed by atoms with E-state index >= 15 is 0 Å². The van der Waals surface area contributed by atoms with Crippen molar-refractivity contribution < 1.29 is 9.21 Å². The van der Waals surface area contributed by atoms with Crippen molar-refractivity contribution in [1.29, 1.82) is 0 Å². The minimum Gasteiger partial charge on any atom is -0.462 e. The number of furan rings is 1. The highest BCUT2D eigenvalue weighted by atomic mass is 35.5. The summed E-state index contributed by atoms with van der Waals surface area (Å²) in [4.78, 5) is 16.8. The Morgan fingerprint density at radius 1 is 1.52 bits per heavy atom. The molecule has 8 heteroatoms. The second-order valence-corrected chi connectivity index (χ2v) is 5.54. The van der Waals surface area contributed by atoms with Gasteiger partial charge in [0.1, 0.15) is 4.88 Å². The third-order valence-corrected chi connectivity index (χ3v) is 4.14. The van der Waals surface area contributed by atoms with E-state index in [9.17, 15) is 4.79 Å². The van der Waals surface area contributed by atoms with Crippen molar-refractivity contribution >= 4 is 42.1 Å². The van der Waals surface area contributed by atoms with Gasteiger partial charge in [-0.25, -0.2) is 4.98 Å². The lowest BCUT2D eigenvalue weighted by molar-refractivity contribution is 0.0954. The quantitative estimate of drug-likeness (QED) is 0.890. The van der Waals surface area contributed by atoms with Gasteiger partial charge < -0.3 is 15.1 Å². The van der Waals surface area contributed by atoms with Crippen LogP contribution in [0.25, 0.3) is 10.8 Å². The van der Waals surface area contributed by atoms with Gasteiger partial charge in [-0.3, -0.25) is 4.79 Å². The van der Waals surface area contributed by atoms with Gasteiger partial charge in [0.05, 0.1) is 12.5 Å². The fourth-order valence-electron chi connectivity index (χ4n) is 2.13. The van der Waals surface area contributed by atoms with E-state index < -0.39 is 0 Å². The Balaban J connectivity index is 0.00000110. The first kappa shape index (κ1) is 18.0. The molecule has 0 spiro atoms. The molecule has 2 aromatic rings. The molecular formula is C13H17Cl2N3O2S. The number of aromatic nitrogens is 1. The summed E-state index contributed by atoms with van der Waals surface area (Å²) >= 11 is 1.34. The zero-order chi connectivity index (χ0) is 13.1. The number of nitrogens with zero attached hydrogens (tertiary/aromatic N) is 1. The van der Waals surface area contributed by atoms with Gasteiger partial charge >= 0.3 is 0 Å². The van der Waals surface area contributed by atoms with Crippen LogP contribution in [0.1, 0.15) is 22.5 Å². The van der Waals surface area contributed by atoms with Crippen molar-refractivity contribution in [2.45, 2.75) is 18.9 Å². The van der Waals surface area contributed by atoms with Crippen LogP contribution in [0.15, 0.2) is 29.0 Å². The van der Waals surface area contributed by atoms with Crippen molar-refractivity contribution in [2.24, 2.45) is 0 Å². The summed E-state index contributed by atoms with van der Waals surface area (Å²) in [7, 11) is 0. The zero-order valence-corrected chi connectivity index (χ0v) is 13.7. The molecule has 5 nitrogen and oxygen atoms in total. The Morgan fingerprint density at radius 2 is 2.38 bits per heavy atom. The van der Waals surface area contributed by atoms with Crippen molar-refractivity contribution in [2.75, 3.05) is 13.1 Å². The molecule has 116 valence electrons. The average molecular weight is 350 g/mol. The molecule has 2 N–H and O–H groups in total. The number of hydrogen-bond acceptors (Lipinski definition) is 5. The maximum Gasteiger partial charge on any atom is 0.263 e. The SMILES string of the molecule is Cl.Cl.O=C(NCC1CCCN1)c1cnc(-c2ccco2)s1. The lowest BCUT2D eigenvalue weighted by atomic mass is 10.2. The molecule has 1 saturated heterocycles. The Hall–Kier alpha value is -1.08. The van der Waals surface area contributed by atoms with Gasteiger partial charge in [-0.05, 0) is 31.5 Å². The zero-order valence-electron chi connectivity index (χ0n) is 11.2. The molecule has 1 amide bonds. The number of carbonyl (C=O) groups is 1. The van der Waals surface area contributed by atoms with Crippen molar-refractivity contribution in [3.8, 4) is 10.8 Å². The van der Waals surface area contributed by atoms with Gasteiger partial charge in [-0.15, -0.1) is 36.2 Å². The number of rotatable bonds is 4. The van der Waals surface area contributed by atoms with E-state index in [0.29, 0.717) is 23.2 Å². The minimum atomic E-state index is -0.0657. The van der Waals surface area contributed by atoms with Gasteiger partial charge in [-0.2, -0.15) is 0 Å². The molecule has 0 bridgehead atoms. The summed E-state index contributed by atoms with van der Waals surface area (Å²) in [5, 5.41) is 7.02. The van der Waals surface area contributed by atoms with E-state index in [2.05, 4.69) is 15.6 Å². The number of halogens is 2.